The molecule has 90 valence electrons. The highest BCUT2D eigenvalue weighted by Crippen LogP contribution is 2.43. The first-order chi connectivity index (χ1) is 7.03. The molecule has 3 heteroatoms. The summed E-state index contributed by atoms with van der Waals surface area (Å²) in [5, 5.41) is 11.1. The fraction of sp³-hybridized carbons (Fsp3) is 0.917. The predicted octanol–water partition coefficient (Wildman–Crippen LogP) is 2.09. The van der Waals surface area contributed by atoms with Gasteiger partial charge in [-0.15, -0.1) is 0 Å². The largest absolute Gasteiger partial charge is 0.394 e. The lowest BCUT2D eigenvalue weighted by Crippen LogP contribution is -2.28. The van der Waals surface area contributed by atoms with E-state index in [-0.39, 0.29) is 18.6 Å². The van der Waals surface area contributed by atoms with Gasteiger partial charge in [-0.25, -0.2) is 0 Å². The number of carbonyl (C=O) groups is 1. The summed E-state index contributed by atoms with van der Waals surface area (Å²) in [6.45, 7) is 8.67. The SMILES string of the molecule is CC.CC1(C)CC1.O=C1CC[C@@H](CO)N1. The predicted molar refractivity (Wildman–Crippen MR) is 62.6 cm³/mol. The third-order valence-corrected chi connectivity index (χ3v) is 2.56. The molecule has 0 bridgehead atoms. The Morgan fingerprint density at radius 1 is 1.40 bits per heavy atom. The summed E-state index contributed by atoms with van der Waals surface area (Å²) in [6, 6.07) is 0.0301. The van der Waals surface area contributed by atoms with Crippen LogP contribution in [-0.4, -0.2) is 23.7 Å². The number of amides is 1. The van der Waals surface area contributed by atoms with Crippen LogP contribution in [-0.2, 0) is 4.79 Å². The van der Waals surface area contributed by atoms with E-state index in [0.717, 1.165) is 11.8 Å². The Morgan fingerprint density at radius 2 is 1.87 bits per heavy atom. The molecule has 2 rings (SSSR count). The van der Waals surface area contributed by atoms with Crippen molar-refractivity contribution < 1.29 is 9.90 Å². The van der Waals surface area contributed by atoms with Gasteiger partial charge in [0.15, 0.2) is 0 Å². The highest BCUT2D eigenvalue weighted by molar-refractivity contribution is 5.78. The third-order valence-electron chi connectivity index (χ3n) is 2.56. The van der Waals surface area contributed by atoms with Gasteiger partial charge in [-0.2, -0.15) is 0 Å². The molecule has 0 aromatic carbocycles. The summed E-state index contributed by atoms with van der Waals surface area (Å²) in [7, 11) is 0. The zero-order chi connectivity index (χ0) is 11.9. The Kier molecular flexibility index (Phi) is 6.57. The van der Waals surface area contributed by atoms with Gasteiger partial charge >= 0.3 is 0 Å². The quantitative estimate of drug-likeness (QED) is 0.703. The molecular weight excluding hydrogens is 190 g/mol. The maximum Gasteiger partial charge on any atom is 0.220 e. The number of nitrogens with one attached hydrogen (secondary N) is 1. The molecule has 0 aromatic heterocycles. The number of aliphatic hydroxyl groups excluding tert-OH is 1. The van der Waals surface area contributed by atoms with Crippen LogP contribution >= 0.6 is 0 Å². The maximum absolute atomic E-state index is 10.4. The van der Waals surface area contributed by atoms with Crippen molar-refractivity contribution in [3.63, 3.8) is 0 Å². The lowest BCUT2D eigenvalue weighted by molar-refractivity contribution is -0.119. The number of carbonyl (C=O) groups excluding carboxylic acids is 1. The summed E-state index contributed by atoms with van der Waals surface area (Å²) in [5.41, 5.74) is 0.750. The van der Waals surface area contributed by atoms with Crippen LogP contribution < -0.4 is 5.32 Å². The Labute approximate surface area is 93.3 Å². The lowest BCUT2D eigenvalue weighted by Gasteiger charge is -2.01. The number of rotatable bonds is 1. The van der Waals surface area contributed by atoms with Crippen LogP contribution in [0.4, 0.5) is 0 Å². The van der Waals surface area contributed by atoms with Gasteiger partial charge < -0.3 is 10.4 Å². The number of aliphatic hydroxyl groups is 1. The van der Waals surface area contributed by atoms with Crippen molar-refractivity contribution in [2.24, 2.45) is 5.41 Å². The molecule has 1 heterocycles. The molecule has 2 N–H and O–H groups in total. The van der Waals surface area contributed by atoms with E-state index in [1.807, 2.05) is 13.8 Å². The number of hydrogen-bond acceptors (Lipinski definition) is 2. The van der Waals surface area contributed by atoms with Gasteiger partial charge in [-0.3, -0.25) is 4.79 Å². The van der Waals surface area contributed by atoms with E-state index in [9.17, 15) is 4.79 Å². The number of hydrogen-bond donors (Lipinski definition) is 2. The maximum atomic E-state index is 10.4. The van der Waals surface area contributed by atoms with E-state index in [1.54, 1.807) is 0 Å². The van der Waals surface area contributed by atoms with Crippen LogP contribution in [0.3, 0.4) is 0 Å². The molecule has 0 radical (unpaired) electrons. The molecule has 1 saturated carbocycles. The van der Waals surface area contributed by atoms with Gasteiger partial charge in [0.2, 0.25) is 5.91 Å². The third kappa shape index (κ3) is 7.37. The fourth-order valence-electron chi connectivity index (χ4n) is 1.06. The molecule has 1 aliphatic carbocycles. The van der Waals surface area contributed by atoms with E-state index >= 15 is 0 Å². The summed E-state index contributed by atoms with van der Waals surface area (Å²) < 4.78 is 0. The first-order valence-corrected chi connectivity index (χ1v) is 5.94. The Hall–Kier alpha value is -0.570. The van der Waals surface area contributed by atoms with Crippen LogP contribution in [0.25, 0.3) is 0 Å². The van der Waals surface area contributed by atoms with Crippen LogP contribution in [0, 0.1) is 5.41 Å². The summed E-state index contributed by atoms with van der Waals surface area (Å²) >= 11 is 0. The fourth-order valence-corrected chi connectivity index (χ4v) is 1.06. The molecule has 3 nitrogen and oxygen atoms in total. The molecule has 0 unspecified atom stereocenters. The van der Waals surface area contributed by atoms with Crippen molar-refractivity contribution in [1.29, 1.82) is 0 Å². The molecular formula is C12H25NO2. The first-order valence-electron chi connectivity index (χ1n) is 5.94. The minimum atomic E-state index is 0.0301. The van der Waals surface area contributed by atoms with Crippen molar-refractivity contribution in [2.45, 2.75) is 59.4 Å². The van der Waals surface area contributed by atoms with E-state index in [4.69, 9.17) is 5.11 Å². The van der Waals surface area contributed by atoms with Gasteiger partial charge in [-0.1, -0.05) is 27.7 Å². The van der Waals surface area contributed by atoms with E-state index < -0.39 is 0 Å². The summed E-state index contributed by atoms with van der Waals surface area (Å²) in [5.74, 6) is 0.0593. The molecule has 1 amide bonds. The van der Waals surface area contributed by atoms with Crippen LogP contribution in [0.2, 0.25) is 0 Å². The van der Waals surface area contributed by atoms with Crippen molar-refractivity contribution in [3.05, 3.63) is 0 Å². The first kappa shape index (κ1) is 14.4. The normalized spacial score (nSPS) is 25.4. The van der Waals surface area contributed by atoms with E-state index in [0.29, 0.717) is 6.42 Å². The second-order valence-electron chi connectivity index (χ2n) is 4.65. The molecule has 2 fully saturated rings. The Bertz CT molecular complexity index is 184. The average Bonchev–Trinajstić information content (AvgIpc) is 2.77. The molecule has 0 aromatic rings. The monoisotopic (exact) mass is 215 g/mol. The van der Waals surface area contributed by atoms with Crippen LogP contribution in [0.15, 0.2) is 0 Å². The minimum absolute atomic E-state index is 0.0301. The topological polar surface area (TPSA) is 49.3 Å². The highest BCUT2D eigenvalue weighted by Gasteiger charge is 2.30. The van der Waals surface area contributed by atoms with Gasteiger partial charge in [0.1, 0.15) is 0 Å². The lowest BCUT2D eigenvalue weighted by atomic mass is 10.2. The second kappa shape index (κ2) is 6.83. The zero-order valence-electron chi connectivity index (χ0n) is 10.5. The van der Waals surface area contributed by atoms with E-state index in [1.165, 1.54) is 12.8 Å². The summed E-state index contributed by atoms with van der Waals surface area (Å²) in [6.07, 6.45) is 4.26. The second-order valence-corrected chi connectivity index (χ2v) is 4.65. The Balaban J connectivity index is 0.000000241. The van der Waals surface area contributed by atoms with E-state index in [2.05, 4.69) is 19.2 Å². The highest BCUT2D eigenvalue weighted by atomic mass is 16.3. The summed E-state index contributed by atoms with van der Waals surface area (Å²) in [4.78, 5) is 10.4. The van der Waals surface area contributed by atoms with Crippen molar-refractivity contribution in [3.8, 4) is 0 Å². The van der Waals surface area contributed by atoms with Gasteiger partial charge in [-0.05, 0) is 24.7 Å². The molecule has 15 heavy (non-hydrogen) atoms. The standard InChI is InChI=1S/C5H9NO2.C5H10.C2H6/c7-3-4-1-2-5(8)6-4;1-5(2)3-4-5;1-2/h4,7H,1-3H2,(H,6,8);3-4H2,1-2H3;1-2H3/t4-;;/m0../s1. The molecule has 2 aliphatic rings. The van der Waals surface area contributed by atoms with Crippen molar-refractivity contribution >= 4 is 5.91 Å². The molecule has 0 spiro atoms. The van der Waals surface area contributed by atoms with Crippen LogP contribution in [0.1, 0.15) is 53.4 Å². The van der Waals surface area contributed by atoms with Crippen LogP contribution in [0.5, 0.6) is 0 Å². The Morgan fingerprint density at radius 3 is 2.00 bits per heavy atom. The van der Waals surface area contributed by atoms with Gasteiger partial charge in [0.25, 0.3) is 0 Å². The zero-order valence-corrected chi connectivity index (χ0v) is 10.5. The van der Waals surface area contributed by atoms with Crippen molar-refractivity contribution in [2.75, 3.05) is 6.61 Å². The van der Waals surface area contributed by atoms with Gasteiger partial charge in [0.05, 0.1) is 12.6 Å². The molecule has 1 atom stereocenters. The van der Waals surface area contributed by atoms with Crippen molar-refractivity contribution in [1.82, 2.24) is 5.32 Å². The molecule has 1 aliphatic heterocycles. The molecule has 1 saturated heterocycles. The minimum Gasteiger partial charge on any atom is -0.394 e. The van der Waals surface area contributed by atoms with Gasteiger partial charge in [0, 0.05) is 6.42 Å². The smallest absolute Gasteiger partial charge is 0.220 e. The average molecular weight is 215 g/mol.